The molecule has 33 heavy (non-hydrogen) atoms. The van der Waals surface area contributed by atoms with Crippen LogP contribution in [0.3, 0.4) is 0 Å². The van der Waals surface area contributed by atoms with Crippen molar-refractivity contribution in [1.29, 1.82) is 0 Å². The van der Waals surface area contributed by atoms with Crippen molar-refractivity contribution in [3.63, 3.8) is 0 Å². The molecule has 3 rings (SSSR count). The van der Waals surface area contributed by atoms with E-state index in [0.717, 1.165) is 0 Å². The first kappa shape index (κ1) is 24.3. The summed E-state index contributed by atoms with van der Waals surface area (Å²) in [6, 6.07) is 13.4. The highest BCUT2D eigenvalue weighted by Gasteiger charge is 2.46. The zero-order valence-corrected chi connectivity index (χ0v) is 19.9. The Morgan fingerprint density at radius 1 is 1.09 bits per heavy atom. The van der Waals surface area contributed by atoms with E-state index in [1.807, 2.05) is 37.2 Å². The second-order valence-electron chi connectivity index (χ2n) is 8.77. The number of rotatable bonds is 9. The van der Waals surface area contributed by atoms with Crippen molar-refractivity contribution in [1.82, 2.24) is 9.80 Å². The van der Waals surface area contributed by atoms with Gasteiger partial charge in [-0.2, -0.15) is 0 Å². The van der Waals surface area contributed by atoms with Gasteiger partial charge in [0, 0.05) is 24.2 Å². The number of likely N-dealkylation sites (tertiary alicyclic amines) is 1. The molecule has 1 amide bonds. The molecule has 1 heterocycles. The maximum atomic E-state index is 13.1. The fraction of sp³-hybridized carbons (Fsp3) is 0.385. The van der Waals surface area contributed by atoms with Gasteiger partial charge in [0.25, 0.3) is 11.7 Å². The van der Waals surface area contributed by atoms with Gasteiger partial charge in [0.05, 0.1) is 25.3 Å². The van der Waals surface area contributed by atoms with Gasteiger partial charge in [0.15, 0.2) is 0 Å². The Kier molecular flexibility index (Phi) is 7.76. The summed E-state index contributed by atoms with van der Waals surface area (Å²) in [7, 11) is 5.34. The Hall–Kier alpha value is -3.32. The summed E-state index contributed by atoms with van der Waals surface area (Å²) in [4.78, 5) is 29.6. The predicted octanol–water partition coefficient (Wildman–Crippen LogP) is 3.71. The number of hydrogen-bond acceptors (Lipinski definition) is 6. The molecule has 7 heteroatoms. The molecule has 1 saturated heterocycles. The van der Waals surface area contributed by atoms with Gasteiger partial charge >= 0.3 is 0 Å². The minimum Gasteiger partial charge on any atom is -0.507 e. The van der Waals surface area contributed by atoms with E-state index in [1.54, 1.807) is 37.4 Å². The lowest BCUT2D eigenvalue weighted by Crippen LogP contribution is -2.35. The molecule has 7 nitrogen and oxygen atoms in total. The molecule has 1 N–H and O–H groups in total. The van der Waals surface area contributed by atoms with E-state index >= 15 is 0 Å². The normalized spacial score (nSPS) is 17.8. The lowest BCUT2D eigenvalue weighted by molar-refractivity contribution is -0.140. The highest BCUT2D eigenvalue weighted by atomic mass is 16.5. The lowest BCUT2D eigenvalue weighted by atomic mass is 9.94. The Bertz CT molecular complexity index is 1030. The molecule has 0 unspecified atom stereocenters. The van der Waals surface area contributed by atoms with Crippen LogP contribution >= 0.6 is 0 Å². The molecule has 0 bridgehead atoms. The molecule has 1 aliphatic rings. The molecule has 0 aromatic heterocycles. The number of nitrogens with zero attached hydrogens (tertiary/aromatic N) is 2. The third kappa shape index (κ3) is 5.37. The fourth-order valence-electron chi connectivity index (χ4n) is 3.76. The molecule has 2 aromatic carbocycles. The number of hydrogen-bond donors (Lipinski definition) is 1. The average Bonchev–Trinajstić information content (AvgIpc) is 3.05. The monoisotopic (exact) mass is 452 g/mol. The van der Waals surface area contributed by atoms with Crippen LogP contribution in [0.1, 0.15) is 31.0 Å². The van der Waals surface area contributed by atoms with Gasteiger partial charge in [-0.3, -0.25) is 9.59 Å². The zero-order valence-electron chi connectivity index (χ0n) is 19.9. The van der Waals surface area contributed by atoms with Gasteiger partial charge < -0.3 is 24.4 Å². The molecule has 1 aliphatic heterocycles. The average molecular weight is 453 g/mol. The SMILES string of the molecule is COc1ccccc1[C@H]1/C(=C(\O)c2ccc(OCC(C)C)cc2)C(=O)C(=O)N1CCN(C)C. The third-order valence-corrected chi connectivity index (χ3v) is 5.47. The van der Waals surface area contributed by atoms with Crippen LogP contribution in [0.25, 0.3) is 5.76 Å². The van der Waals surface area contributed by atoms with E-state index in [2.05, 4.69) is 13.8 Å². The minimum absolute atomic E-state index is 0.0547. The van der Waals surface area contributed by atoms with Gasteiger partial charge in [0.2, 0.25) is 0 Å². The molecular formula is C26H32N2O5. The van der Waals surface area contributed by atoms with Crippen LogP contribution in [0.4, 0.5) is 0 Å². The molecule has 0 aliphatic carbocycles. The maximum absolute atomic E-state index is 13.1. The molecule has 1 atom stereocenters. The van der Waals surface area contributed by atoms with Gasteiger partial charge in [-0.1, -0.05) is 32.0 Å². The quantitative estimate of drug-likeness (QED) is 0.355. The van der Waals surface area contributed by atoms with Crippen LogP contribution in [-0.4, -0.2) is 67.5 Å². The number of Topliss-reactive ketones (excluding diaryl/α,β-unsaturated/α-hetero) is 1. The van der Waals surface area contributed by atoms with E-state index in [9.17, 15) is 14.7 Å². The Balaban J connectivity index is 2.07. The van der Waals surface area contributed by atoms with Gasteiger partial charge in [-0.05, 0) is 50.3 Å². The second kappa shape index (κ2) is 10.5. The van der Waals surface area contributed by atoms with Crippen molar-refractivity contribution in [3.05, 3.63) is 65.2 Å². The van der Waals surface area contributed by atoms with Crippen molar-refractivity contribution >= 4 is 17.4 Å². The number of aliphatic hydroxyl groups excluding tert-OH is 1. The number of ether oxygens (including phenoxy) is 2. The van der Waals surface area contributed by atoms with Crippen molar-refractivity contribution in [2.24, 2.45) is 5.92 Å². The maximum Gasteiger partial charge on any atom is 0.295 e. The van der Waals surface area contributed by atoms with Crippen LogP contribution < -0.4 is 9.47 Å². The molecular weight excluding hydrogens is 420 g/mol. The summed E-state index contributed by atoms with van der Waals surface area (Å²) in [6.07, 6.45) is 0. The first-order valence-corrected chi connectivity index (χ1v) is 11.0. The predicted molar refractivity (Wildman–Crippen MR) is 127 cm³/mol. The van der Waals surface area contributed by atoms with Crippen molar-refractivity contribution in [3.8, 4) is 11.5 Å². The Labute approximate surface area is 195 Å². The van der Waals surface area contributed by atoms with Crippen molar-refractivity contribution in [2.45, 2.75) is 19.9 Å². The van der Waals surface area contributed by atoms with Crippen molar-refractivity contribution < 1.29 is 24.2 Å². The van der Waals surface area contributed by atoms with Crippen LogP contribution in [0.2, 0.25) is 0 Å². The summed E-state index contributed by atoms with van der Waals surface area (Å²) in [6.45, 7) is 5.61. The summed E-state index contributed by atoms with van der Waals surface area (Å²) in [5.41, 5.74) is 1.15. The minimum atomic E-state index is -0.752. The Morgan fingerprint density at radius 2 is 1.76 bits per heavy atom. The number of amides is 1. The number of benzene rings is 2. The van der Waals surface area contributed by atoms with Crippen LogP contribution in [0.5, 0.6) is 11.5 Å². The summed E-state index contributed by atoms with van der Waals surface area (Å²) in [5.74, 6) is 0.0492. The van der Waals surface area contributed by atoms with E-state index in [1.165, 1.54) is 4.90 Å². The molecule has 176 valence electrons. The number of methoxy groups -OCH3 is 1. The standard InChI is InChI=1S/C26H32N2O5/c1-17(2)16-33-19-12-10-18(11-13-19)24(29)22-23(20-8-6-7-9-21(20)32-5)28(15-14-27(3)4)26(31)25(22)30/h6-13,17,23,29H,14-16H2,1-5H3/b24-22+/t23-/m0/s1. The topological polar surface area (TPSA) is 79.3 Å². The van der Waals surface area contributed by atoms with Gasteiger partial charge in [-0.25, -0.2) is 0 Å². The third-order valence-electron chi connectivity index (χ3n) is 5.47. The first-order valence-electron chi connectivity index (χ1n) is 11.0. The number of likely N-dealkylation sites (N-methyl/N-ethyl adjacent to an activating group) is 1. The van der Waals surface area contributed by atoms with Crippen LogP contribution in [0, 0.1) is 5.92 Å². The van der Waals surface area contributed by atoms with Gasteiger partial charge in [0.1, 0.15) is 17.3 Å². The smallest absolute Gasteiger partial charge is 0.295 e. The zero-order chi connectivity index (χ0) is 24.1. The molecule has 0 spiro atoms. The van der Waals surface area contributed by atoms with Gasteiger partial charge in [-0.15, -0.1) is 0 Å². The fourth-order valence-corrected chi connectivity index (χ4v) is 3.76. The molecule has 0 saturated carbocycles. The van der Waals surface area contributed by atoms with Crippen LogP contribution in [-0.2, 0) is 9.59 Å². The lowest BCUT2D eigenvalue weighted by Gasteiger charge is -2.27. The van der Waals surface area contributed by atoms with E-state index in [-0.39, 0.29) is 11.3 Å². The Morgan fingerprint density at radius 3 is 2.36 bits per heavy atom. The van der Waals surface area contributed by atoms with E-state index < -0.39 is 17.7 Å². The second-order valence-corrected chi connectivity index (χ2v) is 8.77. The molecule has 1 fully saturated rings. The van der Waals surface area contributed by atoms with E-state index in [0.29, 0.717) is 48.2 Å². The number of aliphatic hydroxyl groups is 1. The number of carbonyl (C=O) groups excluding carboxylic acids is 2. The molecule has 0 radical (unpaired) electrons. The summed E-state index contributed by atoms with van der Waals surface area (Å²) >= 11 is 0. The number of para-hydroxylation sites is 1. The highest BCUT2D eigenvalue weighted by molar-refractivity contribution is 6.46. The highest BCUT2D eigenvalue weighted by Crippen LogP contribution is 2.42. The molecule has 2 aromatic rings. The largest absolute Gasteiger partial charge is 0.507 e. The van der Waals surface area contributed by atoms with Crippen molar-refractivity contribution in [2.75, 3.05) is 40.9 Å². The first-order chi connectivity index (χ1) is 15.7. The summed E-state index contributed by atoms with van der Waals surface area (Å²) in [5, 5.41) is 11.2. The van der Waals surface area contributed by atoms with Crippen LogP contribution in [0.15, 0.2) is 54.1 Å². The number of ketones is 1. The van der Waals surface area contributed by atoms with E-state index in [4.69, 9.17) is 9.47 Å². The number of carbonyl (C=O) groups is 2. The summed E-state index contributed by atoms with van der Waals surface area (Å²) < 4.78 is 11.2.